The Hall–Kier alpha value is -6.37. The Kier molecular flexibility index (Phi) is 18.5. The van der Waals surface area contributed by atoms with E-state index in [9.17, 15) is 34.2 Å². The second-order valence-electron chi connectivity index (χ2n) is 17.2. The summed E-state index contributed by atoms with van der Waals surface area (Å²) in [6.07, 6.45) is 4.49. The lowest BCUT2D eigenvalue weighted by Gasteiger charge is -2.51. The summed E-state index contributed by atoms with van der Waals surface area (Å²) in [5, 5.41) is 19.7. The van der Waals surface area contributed by atoms with Crippen molar-refractivity contribution in [1.82, 2.24) is 14.7 Å². The molecule has 2 heterocycles. The minimum absolute atomic E-state index is 0.0178. The number of ether oxygens (including phenoxy) is 4. The second-order valence-corrected chi connectivity index (χ2v) is 17.6. The molecule has 0 N–H and O–H groups in total. The fourth-order valence-corrected chi connectivity index (χ4v) is 8.97. The monoisotopic (exact) mass is 967 g/mol. The maximum atomic E-state index is 15.4. The highest BCUT2D eigenvalue weighted by Crippen LogP contribution is 2.42. The Balaban J connectivity index is 1.25. The summed E-state index contributed by atoms with van der Waals surface area (Å²) in [6.45, 7) is 4.52. The van der Waals surface area contributed by atoms with Crippen LogP contribution in [0.2, 0.25) is 5.02 Å². The maximum absolute atomic E-state index is 15.4. The van der Waals surface area contributed by atoms with E-state index >= 15 is 4.79 Å². The first-order valence-corrected chi connectivity index (χ1v) is 23.4. The van der Waals surface area contributed by atoms with Crippen molar-refractivity contribution in [2.24, 2.45) is 0 Å². The first-order valence-electron chi connectivity index (χ1n) is 23.0. The molecule has 3 amide bonds. The van der Waals surface area contributed by atoms with Crippen LogP contribution in [-0.4, -0.2) is 114 Å². The average molecular weight is 968 g/mol. The lowest BCUT2D eigenvalue weighted by atomic mass is 9.81. The lowest BCUT2D eigenvalue weighted by Crippen LogP contribution is -2.65. The van der Waals surface area contributed by atoms with E-state index < -0.39 is 34.2 Å². The first-order chi connectivity index (χ1) is 32.7. The van der Waals surface area contributed by atoms with Crippen molar-refractivity contribution in [3.8, 4) is 17.2 Å². The molecule has 0 spiro atoms. The molecule has 18 nitrogen and oxygen atoms in total. The minimum Gasteiger partial charge on any atom is -0.496 e. The van der Waals surface area contributed by atoms with Crippen LogP contribution in [0.5, 0.6) is 17.2 Å². The van der Waals surface area contributed by atoms with E-state index in [1.165, 1.54) is 6.07 Å². The number of hydrogen-bond donors (Lipinski definition) is 0. The van der Waals surface area contributed by atoms with Crippen LogP contribution in [0.15, 0.2) is 60.2 Å². The Labute approximate surface area is 399 Å². The molecule has 1 saturated carbocycles. The van der Waals surface area contributed by atoms with Crippen molar-refractivity contribution in [1.29, 1.82) is 0 Å². The summed E-state index contributed by atoms with van der Waals surface area (Å²) >= 11 is 6.18. The van der Waals surface area contributed by atoms with Gasteiger partial charge in [-0.05, 0) is 130 Å². The van der Waals surface area contributed by atoms with E-state index in [4.69, 9.17) is 30.5 Å². The molecule has 2 fully saturated rings. The SMILES string of the molecule is COc1ccc(CN(C(=O)C2=C(c3ccc(OCCCCOc4c(F)cc(C)cc4Cl)cc3)CC3CN(C(=O)CCCCCO[N+](=O)[O-])CC2N3C(=O)OCCCCO[N+](=O)[O-])C2CC2)cc1C. The van der Waals surface area contributed by atoms with Crippen LogP contribution >= 0.6 is 11.6 Å². The molecule has 20 heteroatoms. The largest absolute Gasteiger partial charge is 0.496 e. The van der Waals surface area contributed by atoms with Gasteiger partial charge in [0, 0.05) is 37.7 Å². The zero-order valence-corrected chi connectivity index (χ0v) is 39.4. The molecule has 1 aliphatic carbocycles. The Bertz CT molecular complexity index is 2270. The van der Waals surface area contributed by atoms with Gasteiger partial charge >= 0.3 is 6.09 Å². The van der Waals surface area contributed by atoms with Crippen LogP contribution in [0.4, 0.5) is 9.18 Å². The third-order valence-electron chi connectivity index (χ3n) is 12.1. The zero-order chi connectivity index (χ0) is 48.7. The number of hydrogen-bond acceptors (Lipinski definition) is 13. The average Bonchev–Trinajstić information content (AvgIpc) is 4.14. The minimum atomic E-state index is -0.895. The number of carbonyl (C=O) groups excluding carboxylic acids is 3. The number of rotatable bonds is 26. The van der Waals surface area contributed by atoms with Gasteiger partial charge in [-0.1, -0.05) is 42.3 Å². The van der Waals surface area contributed by atoms with Crippen LogP contribution < -0.4 is 14.2 Å². The standard InChI is InChI=1S/C48H59ClFN5O13/c1-32-25-40(49)46(41(50)26-32)65-21-8-7-20-64-38-17-13-35(14-18-38)39-28-37-30-51(44(56)11-5-4-6-23-67-54(59)60)31-42(53(37)48(58)66-22-9-10-24-68-55(61)62)45(39)47(57)52(36-15-16-36)29-34-12-19-43(63-3)33(2)27-34/h12-14,17-19,25-27,36-37,42H,4-11,15-16,20-24,28-31H2,1-3H3. The van der Waals surface area contributed by atoms with Gasteiger partial charge in [-0.2, -0.15) is 0 Å². The first kappa shape index (κ1) is 51.0. The molecule has 0 radical (unpaired) electrons. The summed E-state index contributed by atoms with van der Waals surface area (Å²) < 4.78 is 37.3. The van der Waals surface area contributed by atoms with E-state index in [1.807, 2.05) is 54.3 Å². The molecule has 3 aromatic rings. The summed E-state index contributed by atoms with van der Waals surface area (Å²) in [5.74, 6) is 0.397. The fraction of sp³-hybridized carbons (Fsp3) is 0.521. The Morgan fingerprint density at radius 1 is 0.824 bits per heavy atom. The van der Waals surface area contributed by atoms with Gasteiger partial charge in [-0.3, -0.25) is 14.5 Å². The fourth-order valence-electron chi connectivity index (χ4n) is 8.65. The number of benzene rings is 3. The summed E-state index contributed by atoms with van der Waals surface area (Å²) in [4.78, 5) is 78.7. The molecule has 2 atom stereocenters. The van der Waals surface area contributed by atoms with Gasteiger partial charge in [-0.15, -0.1) is 20.2 Å². The molecule has 3 aliphatic rings. The summed E-state index contributed by atoms with van der Waals surface area (Å²) in [6, 6.07) is 14.7. The van der Waals surface area contributed by atoms with Gasteiger partial charge in [0.25, 0.3) is 16.1 Å². The van der Waals surface area contributed by atoms with Gasteiger partial charge in [0.1, 0.15) is 11.5 Å². The highest BCUT2D eigenvalue weighted by molar-refractivity contribution is 6.32. The normalized spacial score (nSPS) is 16.5. The molecule has 68 heavy (non-hydrogen) atoms. The summed E-state index contributed by atoms with van der Waals surface area (Å²) in [5.41, 5.74) is 4.39. The molecule has 2 unspecified atom stereocenters. The van der Waals surface area contributed by atoms with Crippen molar-refractivity contribution in [3.63, 3.8) is 0 Å². The third kappa shape index (κ3) is 14.1. The van der Waals surface area contributed by atoms with Gasteiger partial charge < -0.3 is 38.4 Å². The zero-order valence-electron chi connectivity index (χ0n) is 38.7. The molecule has 368 valence electrons. The van der Waals surface area contributed by atoms with Crippen molar-refractivity contribution in [2.45, 2.75) is 109 Å². The quantitative estimate of drug-likeness (QED) is 0.0422. The van der Waals surface area contributed by atoms with Crippen molar-refractivity contribution < 1.29 is 57.6 Å². The van der Waals surface area contributed by atoms with Crippen LogP contribution in [0.3, 0.4) is 0 Å². The number of halogens is 2. The van der Waals surface area contributed by atoms with Gasteiger partial charge in [0.2, 0.25) is 5.91 Å². The van der Waals surface area contributed by atoms with E-state index in [-0.39, 0.29) is 87.4 Å². The van der Waals surface area contributed by atoms with Crippen LogP contribution in [0.1, 0.15) is 92.9 Å². The third-order valence-corrected chi connectivity index (χ3v) is 12.4. The van der Waals surface area contributed by atoms with Gasteiger partial charge in [-0.25, -0.2) is 9.18 Å². The molecular weight excluding hydrogens is 909 g/mol. The molecule has 3 aromatic carbocycles. The highest BCUT2D eigenvalue weighted by atomic mass is 35.5. The Morgan fingerprint density at radius 2 is 1.49 bits per heavy atom. The van der Waals surface area contributed by atoms with Crippen molar-refractivity contribution in [3.05, 3.63) is 113 Å². The predicted molar refractivity (Wildman–Crippen MR) is 247 cm³/mol. The van der Waals surface area contributed by atoms with Crippen LogP contribution in [0, 0.1) is 39.9 Å². The van der Waals surface area contributed by atoms with Gasteiger partial charge in [0.05, 0.1) is 57.3 Å². The molecule has 1 saturated heterocycles. The topological polar surface area (TPSA) is 203 Å². The van der Waals surface area contributed by atoms with Crippen LogP contribution in [0.25, 0.3) is 5.57 Å². The summed E-state index contributed by atoms with van der Waals surface area (Å²) in [7, 11) is 1.60. The number of nitrogens with zero attached hydrogens (tertiary/aromatic N) is 5. The molecular formula is C48H59ClFN5O13. The highest BCUT2D eigenvalue weighted by Gasteiger charge is 2.49. The van der Waals surface area contributed by atoms with Crippen LogP contribution in [-0.2, 0) is 30.5 Å². The maximum Gasteiger partial charge on any atom is 0.410 e. The number of piperazine rings is 1. The molecule has 0 aromatic heterocycles. The molecule has 2 bridgehead atoms. The van der Waals surface area contributed by atoms with E-state index in [0.29, 0.717) is 68.6 Å². The molecule has 2 aliphatic heterocycles. The lowest BCUT2D eigenvalue weighted by molar-refractivity contribution is -0.757. The molecule has 6 rings (SSSR count). The number of fused-ring (bicyclic) bond motifs is 2. The van der Waals surface area contributed by atoms with E-state index in [0.717, 1.165) is 40.9 Å². The smallest absolute Gasteiger partial charge is 0.410 e. The van der Waals surface area contributed by atoms with E-state index in [2.05, 4.69) is 9.68 Å². The number of unbranched alkanes of at least 4 members (excludes halogenated alkanes) is 4. The number of methoxy groups -OCH3 is 1. The van der Waals surface area contributed by atoms with Gasteiger partial charge in [0.15, 0.2) is 11.6 Å². The number of amides is 3. The van der Waals surface area contributed by atoms with Crippen molar-refractivity contribution >= 4 is 35.1 Å². The van der Waals surface area contributed by atoms with E-state index in [1.54, 1.807) is 29.9 Å². The Morgan fingerprint density at radius 3 is 2.13 bits per heavy atom. The second kappa shape index (κ2) is 24.6. The number of aryl methyl sites for hydroxylation is 2. The predicted octanol–water partition coefficient (Wildman–Crippen LogP) is 8.47. The van der Waals surface area contributed by atoms with Crippen molar-refractivity contribution in [2.75, 3.05) is 53.2 Å². The number of carbonyl (C=O) groups is 3.